The number of carbonyl (C=O) groups excluding carboxylic acids is 1. The summed E-state index contributed by atoms with van der Waals surface area (Å²) in [4.78, 5) is 21.0. The molecule has 0 aliphatic rings. The molecule has 0 bridgehead atoms. The van der Waals surface area contributed by atoms with Crippen LogP contribution in [0.25, 0.3) is 0 Å². The number of nitrogens with zero attached hydrogens (tertiary/aromatic N) is 1. The second kappa shape index (κ2) is 5.63. The number of nitro benzene ring substituents is 1. The first-order chi connectivity index (χ1) is 9.10. The number of hydrogen-bond donors (Lipinski definition) is 0. The van der Waals surface area contributed by atoms with Crippen molar-refractivity contribution in [1.82, 2.24) is 0 Å². The van der Waals surface area contributed by atoms with E-state index in [1.807, 2.05) is 18.2 Å². The highest BCUT2D eigenvalue weighted by Crippen LogP contribution is 2.21. The molecule has 96 valence electrons. The SMILES string of the molecule is O=Cc1cc(Cc2cccc(Cl)c2)ccc1[N+](=O)[O-]. The van der Waals surface area contributed by atoms with Crippen LogP contribution in [0.3, 0.4) is 0 Å². The van der Waals surface area contributed by atoms with Gasteiger partial charge in [0.05, 0.1) is 10.5 Å². The third-order valence-corrected chi connectivity index (χ3v) is 2.95. The first-order valence-electron chi connectivity index (χ1n) is 5.57. The molecule has 2 rings (SSSR count). The second-order valence-corrected chi connectivity index (χ2v) is 4.51. The van der Waals surface area contributed by atoms with Crippen molar-refractivity contribution in [1.29, 1.82) is 0 Å². The molecule has 19 heavy (non-hydrogen) atoms. The third kappa shape index (κ3) is 3.17. The fourth-order valence-electron chi connectivity index (χ4n) is 1.86. The van der Waals surface area contributed by atoms with Crippen molar-refractivity contribution < 1.29 is 9.72 Å². The quantitative estimate of drug-likeness (QED) is 0.486. The van der Waals surface area contributed by atoms with Crippen molar-refractivity contribution in [3.8, 4) is 0 Å². The van der Waals surface area contributed by atoms with Gasteiger partial charge >= 0.3 is 0 Å². The first-order valence-corrected chi connectivity index (χ1v) is 5.95. The van der Waals surface area contributed by atoms with Gasteiger partial charge in [0.2, 0.25) is 0 Å². The minimum Gasteiger partial charge on any atom is -0.298 e. The van der Waals surface area contributed by atoms with Crippen molar-refractivity contribution in [2.75, 3.05) is 0 Å². The van der Waals surface area contributed by atoms with Gasteiger partial charge in [-0.3, -0.25) is 14.9 Å². The second-order valence-electron chi connectivity index (χ2n) is 4.07. The molecular weight excluding hydrogens is 266 g/mol. The summed E-state index contributed by atoms with van der Waals surface area (Å²) in [6.07, 6.45) is 1.07. The Bertz CT molecular complexity index is 640. The highest BCUT2D eigenvalue weighted by molar-refractivity contribution is 6.30. The van der Waals surface area contributed by atoms with E-state index in [-0.39, 0.29) is 11.3 Å². The van der Waals surface area contributed by atoms with E-state index >= 15 is 0 Å². The van der Waals surface area contributed by atoms with Gasteiger partial charge < -0.3 is 0 Å². The van der Waals surface area contributed by atoms with Gasteiger partial charge in [0, 0.05) is 11.1 Å². The molecule has 0 unspecified atom stereocenters. The maximum atomic E-state index is 10.9. The molecule has 2 aromatic carbocycles. The molecule has 0 amide bonds. The average molecular weight is 276 g/mol. The normalized spacial score (nSPS) is 10.2. The predicted octanol–water partition coefficient (Wildman–Crippen LogP) is 3.65. The fourth-order valence-corrected chi connectivity index (χ4v) is 2.07. The van der Waals surface area contributed by atoms with Crippen LogP contribution in [-0.2, 0) is 6.42 Å². The molecule has 0 saturated heterocycles. The van der Waals surface area contributed by atoms with Gasteiger partial charge in [0.25, 0.3) is 5.69 Å². The summed E-state index contributed by atoms with van der Waals surface area (Å²) in [6, 6.07) is 11.9. The molecule has 0 aliphatic carbocycles. The van der Waals surface area contributed by atoms with E-state index in [0.29, 0.717) is 17.7 Å². The van der Waals surface area contributed by atoms with Crippen LogP contribution in [0, 0.1) is 10.1 Å². The maximum absolute atomic E-state index is 10.9. The molecule has 0 saturated carbocycles. The van der Waals surface area contributed by atoms with Gasteiger partial charge in [-0.1, -0.05) is 29.8 Å². The van der Waals surface area contributed by atoms with E-state index in [4.69, 9.17) is 11.6 Å². The Kier molecular flexibility index (Phi) is 3.92. The van der Waals surface area contributed by atoms with Gasteiger partial charge in [0.1, 0.15) is 0 Å². The zero-order valence-corrected chi connectivity index (χ0v) is 10.6. The molecular formula is C14H10ClNO3. The van der Waals surface area contributed by atoms with E-state index in [0.717, 1.165) is 11.1 Å². The molecule has 0 heterocycles. The van der Waals surface area contributed by atoms with Crippen molar-refractivity contribution >= 4 is 23.6 Å². The minimum absolute atomic E-state index is 0.0875. The summed E-state index contributed by atoms with van der Waals surface area (Å²) in [6.45, 7) is 0. The Morgan fingerprint density at radius 2 is 1.89 bits per heavy atom. The standard InChI is InChI=1S/C14H10ClNO3/c15-13-3-1-2-10(8-13)6-11-4-5-14(16(18)19)12(7-11)9-17/h1-5,7-9H,6H2. The molecule has 0 aliphatic heterocycles. The fraction of sp³-hybridized carbons (Fsp3) is 0.0714. The van der Waals surface area contributed by atoms with E-state index in [1.54, 1.807) is 12.1 Å². The monoisotopic (exact) mass is 275 g/mol. The molecule has 0 radical (unpaired) electrons. The molecule has 2 aromatic rings. The molecule has 0 spiro atoms. The van der Waals surface area contributed by atoms with Crippen LogP contribution in [0.4, 0.5) is 5.69 Å². The molecule has 4 nitrogen and oxygen atoms in total. The van der Waals surface area contributed by atoms with Crippen LogP contribution in [0.2, 0.25) is 5.02 Å². The van der Waals surface area contributed by atoms with Crippen LogP contribution in [0.15, 0.2) is 42.5 Å². The number of carbonyl (C=O) groups is 1. The van der Waals surface area contributed by atoms with Crippen molar-refractivity contribution in [2.24, 2.45) is 0 Å². The highest BCUT2D eigenvalue weighted by atomic mass is 35.5. The van der Waals surface area contributed by atoms with Gasteiger partial charge in [-0.2, -0.15) is 0 Å². The number of rotatable bonds is 4. The molecule has 0 fully saturated rings. The predicted molar refractivity (Wildman–Crippen MR) is 72.7 cm³/mol. The molecule has 0 atom stereocenters. The smallest absolute Gasteiger partial charge is 0.279 e. The Morgan fingerprint density at radius 1 is 1.16 bits per heavy atom. The van der Waals surface area contributed by atoms with Gasteiger partial charge in [0.15, 0.2) is 6.29 Å². The Hall–Kier alpha value is -2.20. The topological polar surface area (TPSA) is 60.2 Å². The summed E-state index contributed by atoms with van der Waals surface area (Å²) >= 11 is 5.89. The van der Waals surface area contributed by atoms with Crippen LogP contribution in [-0.4, -0.2) is 11.2 Å². The van der Waals surface area contributed by atoms with E-state index in [2.05, 4.69) is 0 Å². The van der Waals surface area contributed by atoms with Crippen molar-refractivity contribution in [3.05, 3.63) is 74.3 Å². The van der Waals surface area contributed by atoms with Crippen LogP contribution in [0.5, 0.6) is 0 Å². The van der Waals surface area contributed by atoms with Gasteiger partial charge in [-0.25, -0.2) is 0 Å². The number of nitro groups is 1. The lowest BCUT2D eigenvalue weighted by molar-refractivity contribution is -0.385. The van der Waals surface area contributed by atoms with Crippen LogP contribution < -0.4 is 0 Å². The Morgan fingerprint density at radius 3 is 2.53 bits per heavy atom. The average Bonchev–Trinajstić information content (AvgIpc) is 2.38. The number of halogens is 1. The largest absolute Gasteiger partial charge is 0.298 e. The summed E-state index contributed by atoms with van der Waals surface area (Å²) < 4.78 is 0. The van der Waals surface area contributed by atoms with E-state index in [9.17, 15) is 14.9 Å². The Labute approximate surface area is 114 Å². The highest BCUT2D eigenvalue weighted by Gasteiger charge is 2.13. The zero-order chi connectivity index (χ0) is 13.8. The lowest BCUT2D eigenvalue weighted by Crippen LogP contribution is -1.97. The number of benzene rings is 2. The summed E-state index contributed by atoms with van der Waals surface area (Å²) in [5.74, 6) is 0. The number of hydrogen-bond acceptors (Lipinski definition) is 3. The van der Waals surface area contributed by atoms with E-state index < -0.39 is 4.92 Å². The molecule has 5 heteroatoms. The molecule has 0 aromatic heterocycles. The molecule has 0 N–H and O–H groups in total. The Balaban J connectivity index is 2.31. The minimum atomic E-state index is -0.563. The van der Waals surface area contributed by atoms with Crippen molar-refractivity contribution in [2.45, 2.75) is 6.42 Å². The lowest BCUT2D eigenvalue weighted by Gasteiger charge is -2.04. The summed E-state index contributed by atoms with van der Waals surface area (Å²) in [5, 5.41) is 11.4. The first kappa shape index (κ1) is 13.2. The lowest BCUT2D eigenvalue weighted by atomic mass is 10.0. The van der Waals surface area contributed by atoms with Crippen LogP contribution in [0.1, 0.15) is 21.5 Å². The summed E-state index contributed by atoms with van der Waals surface area (Å²) in [7, 11) is 0. The van der Waals surface area contributed by atoms with Crippen molar-refractivity contribution in [3.63, 3.8) is 0 Å². The maximum Gasteiger partial charge on any atom is 0.279 e. The third-order valence-electron chi connectivity index (χ3n) is 2.71. The van der Waals surface area contributed by atoms with Crippen LogP contribution >= 0.6 is 11.6 Å². The van der Waals surface area contributed by atoms with Gasteiger partial charge in [-0.15, -0.1) is 0 Å². The zero-order valence-electron chi connectivity index (χ0n) is 9.88. The summed E-state index contributed by atoms with van der Waals surface area (Å²) in [5.41, 5.74) is 1.72. The number of aldehydes is 1. The van der Waals surface area contributed by atoms with E-state index in [1.165, 1.54) is 12.1 Å². The van der Waals surface area contributed by atoms with Gasteiger partial charge in [-0.05, 0) is 35.7 Å².